The van der Waals surface area contributed by atoms with Crippen LogP contribution in [-0.4, -0.2) is 36.8 Å². The van der Waals surface area contributed by atoms with Crippen molar-refractivity contribution in [3.05, 3.63) is 21.3 Å². The molecule has 1 unspecified atom stereocenters. The number of hydrogen-bond donors (Lipinski definition) is 2. The molecule has 1 heterocycles. The van der Waals surface area contributed by atoms with Crippen LogP contribution in [0.2, 0.25) is 4.34 Å². The van der Waals surface area contributed by atoms with E-state index in [4.69, 9.17) is 22.4 Å². The standard InChI is InChI=1S/C9H15ClN2OS/c1-12(4-5-13)7(6-11)8-2-3-9(10)14-8/h2-3,7,13H,4-6,11H2,1H3. The van der Waals surface area contributed by atoms with Crippen LogP contribution in [0, 0.1) is 0 Å². The SMILES string of the molecule is CN(CCO)C(CN)c1ccc(Cl)s1. The Morgan fingerprint density at radius 3 is 2.79 bits per heavy atom. The Bertz CT molecular complexity index is 280. The highest BCUT2D eigenvalue weighted by molar-refractivity contribution is 7.16. The minimum atomic E-state index is 0.145. The van der Waals surface area contributed by atoms with E-state index < -0.39 is 0 Å². The van der Waals surface area contributed by atoms with Crippen LogP contribution in [0.15, 0.2) is 12.1 Å². The number of rotatable bonds is 5. The van der Waals surface area contributed by atoms with Gasteiger partial charge in [0.05, 0.1) is 17.0 Å². The summed E-state index contributed by atoms with van der Waals surface area (Å²) in [5.74, 6) is 0. The van der Waals surface area contributed by atoms with Gasteiger partial charge in [-0.25, -0.2) is 0 Å². The highest BCUT2D eigenvalue weighted by Crippen LogP contribution is 2.29. The second-order valence-electron chi connectivity index (χ2n) is 3.10. The van der Waals surface area contributed by atoms with E-state index in [-0.39, 0.29) is 12.6 Å². The second-order valence-corrected chi connectivity index (χ2v) is 4.84. The van der Waals surface area contributed by atoms with Crippen LogP contribution < -0.4 is 5.73 Å². The topological polar surface area (TPSA) is 49.5 Å². The van der Waals surface area contributed by atoms with Crippen molar-refractivity contribution in [3.63, 3.8) is 0 Å². The molecule has 0 fully saturated rings. The summed E-state index contributed by atoms with van der Waals surface area (Å²) in [6, 6.07) is 4.01. The van der Waals surface area contributed by atoms with Crippen molar-refractivity contribution < 1.29 is 5.11 Å². The van der Waals surface area contributed by atoms with Gasteiger partial charge < -0.3 is 10.8 Å². The van der Waals surface area contributed by atoms with Crippen molar-refractivity contribution in [2.24, 2.45) is 5.73 Å². The Hall–Kier alpha value is -0.130. The van der Waals surface area contributed by atoms with Crippen LogP contribution in [0.25, 0.3) is 0 Å². The Labute approximate surface area is 93.1 Å². The molecule has 80 valence electrons. The minimum absolute atomic E-state index is 0.145. The van der Waals surface area contributed by atoms with Gasteiger partial charge in [0.2, 0.25) is 0 Å². The van der Waals surface area contributed by atoms with Crippen molar-refractivity contribution in [3.8, 4) is 0 Å². The van der Waals surface area contributed by atoms with Crippen molar-refractivity contribution >= 4 is 22.9 Å². The molecule has 0 spiro atoms. The van der Waals surface area contributed by atoms with Gasteiger partial charge in [-0.2, -0.15) is 0 Å². The Kier molecular flexibility index (Phi) is 4.84. The number of nitrogens with two attached hydrogens (primary N) is 1. The molecule has 1 rings (SSSR count). The van der Waals surface area contributed by atoms with Gasteiger partial charge in [0.1, 0.15) is 0 Å². The maximum atomic E-state index is 8.83. The highest BCUT2D eigenvalue weighted by Gasteiger charge is 2.16. The zero-order chi connectivity index (χ0) is 10.6. The lowest BCUT2D eigenvalue weighted by molar-refractivity contribution is 0.185. The van der Waals surface area contributed by atoms with Gasteiger partial charge in [0.15, 0.2) is 0 Å². The monoisotopic (exact) mass is 234 g/mol. The number of nitrogens with zero attached hydrogens (tertiary/aromatic N) is 1. The summed E-state index contributed by atoms with van der Waals surface area (Å²) in [6.45, 7) is 1.30. The molecule has 5 heteroatoms. The van der Waals surface area contributed by atoms with Gasteiger partial charge in [-0.1, -0.05) is 11.6 Å². The van der Waals surface area contributed by atoms with Crippen LogP contribution in [0.1, 0.15) is 10.9 Å². The first kappa shape index (κ1) is 11.9. The Balaban J connectivity index is 2.71. The van der Waals surface area contributed by atoms with E-state index in [1.807, 2.05) is 24.1 Å². The predicted octanol–water partition coefficient (Wildman–Crippen LogP) is 1.33. The number of thiophene rings is 1. The van der Waals surface area contributed by atoms with Gasteiger partial charge in [-0.05, 0) is 19.2 Å². The molecule has 0 aliphatic carbocycles. The Morgan fingerprint density at radius 2 is 2.36 bits per heavy atom. The maximum absolute atomic E-state index is 8.83. The van der Waals surface area contributed by atoms with Gasteiger partial charge in [-0.3, -0.25) is 4.90 Å². The molecule has 0 saturated heterocycles. The molecule has 1 aromatic rings. The lowest BCUT2D eigenvalue weighted by Crippen LogP contribution is -2.32. The zero-order valence-electron chi connectivity index (χ0n) is 8.11. The predicted molar refractivity (Wildman–Crippen MR) is 60.8 cm³/mol. The molecule has 0 amide bonds. The number of hydrogen-bond acceptors (Lipinski definition) is 4. The summed E-state index contributed by atoms with van der Waals surface area (Å²) in [4.78, 5) is 3.18. The number of halogens is 1. The molecule has 3 N–H and O–H groups in total. The van der Waals surface area contributed by atoms with Crippen molar-refractivity contribution in [2.75, 3.05) is 26.7 Å². The first-order valence-corrected chi connectivity index (χ1v) is 5.65. The van der Waals surface area contributed by atoms with E-state index in [0.717, 1.165) is 9.21 Å². The smallest absolute Gasteiger partial charge is 0.0931 e. The summed E-state index contributed by atoms with van der Waals surface area (Å²) in [5, 5.41) is 8.83. The molecule has 14 heavy (non-hydrogen) atoms. The summed E-state index contributed by atoms with van der Waals surface area (Å²) < 4.78 is 0.774. The van der Waals surface area contributed by atoms with Crippen LogP contribution in [0.4, 0.5) is 0 Å². The number of aliphatic hydroxyl groups is 1. The molecule has 0 saturated carbocycles. The van der Waals surface area contributed by atoms with E-state index in [2.05, 4.69) is 0 Å². The third-order valence-electron chi connectivity index (χ3n) is 2.13. The minimum Gasteiger partial charge on any atom is -0.395 e. The molecule has 0 aliphatic heterocycles. The van der Waals surface area contributed by atoms with E-state index in [0.29, 0.717) is 13.1 Å². The molecule has 0 radical (unpaired) electrons. The molecular weight excluding hydrogens is 220 g/mol. The first-order chi connectivity index (χ1) is 6.69. The average Bonchev–Trinajstić information content (AvgIpc) is 2.54. The van der Waals surface area contributed by atoms with Crippen molar-refractivity contribution in [2.45, 2.75) is 6.04 Å². The lowest BCUT2D eigenvalue weighted by atomic mass is 10.2. The summed E-state index contributed by atoms with van der Waals surface area (Å²) >= 11 is 7.39. The van der Waals surface area contributed by atoms with Crippen molar-refractivity contribution in [1.29, 1.82) is 0 Å². The highest BCUT2D eigenvalue weighted by atomic mass is 35.5. The van der Waals surface area contributed by atoms with E-state index in [9.17, 15) is 0 Å². The van der Waals surface area contributed by atoms with E-state index in [1.54, 1.807) is 0 Å². The number of likely N-dealkylation sites (N-methyl/N-ethyl adjacent to an activating group) is 1. The summed E-state index contributed by atoms with van der Waals surface area (Å²) in [5.41, 5.74) is 5.69. The van der Waals surface area contributed by atoms with Gasteiger partial charge >= 0.3 is 0 Å². The second kappa shape index (κ2) is 5.68. The molecule has 0 aromatic carbocycles. The van der Waals surface area contributed by atoms with Gasteiger partial charge in [0.25, 0.3) is 0 Å². The third-order valence-corrected chi connectivity index (χ3v) is 3.46. The molecule has 3 nitrogen and oxygen atoms in total. The van der Waals surface area contributed by atoms with Gasteiger partial charge in [-0.15, -0.1) is 11.3 Å². The van der Waals surface area contributed by atoms with Gasteiger partial charge in [0, 0.05) is 18.0 Å². The normalized spacial score (nSPS) is 13.5. The molecular formula is C9H15ClN2OS. The Morgan fingerprint density at radius 1 is 1.64 bits per heavy atom. The van der Waals surface area contributed by atoms with E-state index in [1.165, 1.54) is 11.3 Å². The maximum Gasteiger partial charge on any atom is 0.0931 e. The summed E-state index contributed by atoms with van der Waals surface area (Å²) in [7, 11) is 1.95. The lowest BCUT2D eigenvalue weighted by Gasteiger charge is -2.24. The zero-order valence-corrected chi connectivity index (χ0v) is 9.68. The van der Waals surface area contributed by atoms with E-state index >= 15 is 0 Å². The first-order valence-electron chi connectivity index (χ1n) is 4.45. The fourth-order valence-electron chi connectivity index (χ4n) is 1.33. The van der Waals surface area contributed by atoms with Crippen LogP contribution in [0.3, 0.4) is 0 Å². The quantitative estimate of drug-likeness (QED) is 0.808. The molecule has 0 aliphatic rings. The third kappa shape index (κ3) is 2.93. The molecule has 0 bridgehead atoms. The number of aliphatic hydroxyl groups excluding tert-OH is 1. The molecule has 1 aromatic heterocycles. The summed E-state index contributed by atoms with van der Waals surface area (Å²) in [6.07, 6.45) is 0. The average molecular weight is 235 g/mol. The van der Waals surface area contributed by atoms with Crippen LogP contribution in [-0.2, 0) is 0 Å². The van der Waals surface area contributed by atoms with Crippen LogP contribution in [0.5, 0.6) is 0 Å². The molecule has 1 atom stereocenters. The fourth-order valence-corrected chi connectivity index (χ4v) is 2.57. The fraction of sp³-hybridized carbons (Fsp3) is 0.556. The van der Waals surface area contributed by atoms with Crippen molar-refractivity contribution in [1.82, 2.24) is 4.90 Å². The van der Waals surface area contributed by atoms with Crippen LogP contribution >= 0.6 is 22.9 Å². The largest absolute Gasteiger partial charge is 0.395 e.